The molecule has 2 heterocycles. The van der Waals surface area contributed by atoms with E-state index in [1.54, 1.807) is 32.4 Å². The molecule has 0 bridgehead atoms. The van der Waals surface area contributed by atoms with E-state index in [0.29, 0.717) is 23.6 Å². The Kier molecular flexibility index (Phi) is 7.20. The van der Waals surface area contributed by atoms with Crippen molar-refractivity contribution >= 4 is 11.6 Å². The van der Waals surface area contributed by atoms with E-state index in [2.05, 4.69) is 40.4 Å². The topological polar surface area (TPSA) is 54.0 Å². The van der Waals surface area contributed by atoms with E-state index in [0.717, 1.165) is 26.1 Å². The number of nitrogens with one attached hydrogen (secondary N) is 1. The van der Waals surface area contributed by atoms with E-state index in [1.165, 1.54) is 42.5 Å². The maximum Gasteiger partial charge on any atom is 0.255 e. The van der Waals surface area contributed by atoms with Crippen LogP contribution in [0.25, 0.3) is 0 Å². The predicted octanol–water partition coefficient (Wildman–Crippen LogP) is 4.04. The number of hydrogen-bond donors (Lipinski definition) is 1. The lowest BCUT2D eigenvalue weighted by atomic mass is 9.95. The van der Waals surface area contributed by atoms with Crippen LogP contribution < -0.4 is 19.7 Å². The van der Waals surface area contributed by atoms with Gasteiger partial charge >= 0.3 is 0 Å². The summed E-state index contributed by atoms with van der Waals surface area (Å²) in [6.45, 7) is 3.83. The first-order valence-corrected chi connectivity index (χ1v) is 11.7. The summed E-state index contributed by atoms with van der Waals surface area (Å²) in [5.74, 6) is 1.07. The highest BCUT2D eigenvalue weighted by Crippen LogP contribution is 2.32. The fourth-order valence-electron chi connectivity index (χ4n) is 4.97. The lowest BCUT2D eigenvalue weighted by Crippen LogP contribution is -2.40. The van der Waals surface area contributed by atoms with Crippen molar-refractivity contribution < 1.29 is 14.3 Å². The van der Waals surface area contributed by atoms with Crippen molar-refractivity contribution in [3.05, 3.63) is 53.1 Å². The summed E-state index contributed by atoms with van der Waals surface area (Å²) < 4.78 is 10.7. The van der Waals surface area contributed by atoms with Crippen LogP contribution in [-0.4, -0.2) is 58.3 Å². The summed E-state index contributed by atoms with van der Waals surface area (Å²) in [5.41, 5.74) is 4.58. The normalized spacial score (nSPS) is 17.4. The highest BCUT2D eigenvalue weighted by Gasteiger charge is 2.25. The number of benzene rings is 2. The Morgan fingerprint density at radius 3 is 2.56 bits per heavy atom. The van der Waals surface area contributed by atoms with Crippen molar-refractivity contribution in [1.82, 2.24) is 10.2 Å². The summed E-state index contributed by atoms with van der Waals surface area (Å²) in [7, 11) is 5.35. The first-order chi connectivity index (χ1) is 15.6. The van der Waals surface area contributed by atoms with Gasteiger partial charge in [-0.2, -0.15) is 0 Å². The SMILES string of the molecule is COc1ccc(C(=O)NC[C@@H](c2ccc3c(c2)CCCN3C)N2CCCCC2)c(OC)c1. The van der Waals surface area contributed by atoms with Crippen molar-refractivity contribution in [3.8, 4) is 11.5 Å². The quantitative estimate of drug-likeness (QED) is 0.708. The van der Waals surface area contributed by atoms with Crippen LogP contribution in [-0.2, 0) is 6.42 Å². The highest BCUT2D eigenvalue weighted by molar-refractivity contribution is 5.97. The zero-order chi connectivity index (χ0) is 22.5. The number of aryl methyl sites for hydroxylation is 1. The van der Waals surface area contributed by atoms with Crippen LogP contribution in [0.5, 0.6) is 11.5 Å². The van der Waals surface area contributed by atoms with Crippen molar-refractivity contribution in [2.24, 2.45) is 0 Å². The minimum Gasteiger partial charge on any atom is -0.497 e. The molecular formula is C26H35N3O3. The summed E-state index contributed by atoms with van der Waals surface area (Å²) in [6.07, 6.45) is 6.02. The molecule has 6 nitrogen and oxygen atoms in total. The van der Waals surface area contributed by atoms with Gasteiger partial charge in [-0.15, -0.1) is 0 Å². The lowest BCUT2D eigenvalue weighted by Gasteiger charge is -2.36. The summed E-state index contributed by atoms with van der Waals surface area (Å²) in [5, 5.41) is 3.18. The van der Waals surface area contributed by atoms with Crippen LogP contribution in [0, 0.1) is 0 Å². The molecule has 2 aliphatic rings. The number of fused-ring (bicyclic) bond motifs is 1. The summed E-state index contributed by atoms with van der Waals surface area (Å²) >= 11 is 0. The fraction of sp³-hybridized carbons (Fsp3) is 0.500. The Morgan fingerprint density at radius 2 is 1.81 bits per heavy atom. The number of carbonyl (C=O) groups excluding carboxylic acids is 1. The largest absolute Gasteiger partial charge is 0.497 e. The van der Waals surface area contributed by atoms with Crippen LogP contribution in [0.15, 0.2) is 36.4 Å². The van der Waals surface area contributed by atoms with E-state index in [9.17, 15) is 4.79 Å². The Hall–Kier alpha value is -2.73. The minimum atomic E-state index is -0.121. The van der Waals surface area contributed by atoms with Gasteiger partial charge in [-0.05, 0) is 68.1 Å². The Bertz CT molecular complexity index is 940. The molecule has 6 heteroatoms. The molecule has 1 amide bonds. The van der Waals surface area contributed by atoms with Gasteiger partial charge in [-0.25, -0.2) is 0 Å². The van der Waals surface area contributed by atoms with Crippen LogP contribution >= 0.6 is 0 Å². The number of methoxy groups -OCH3 is 2. The highest BCUT2D eigenvalue weighted by atomic mass is 16.5. The third-order valence-corrected chi connectivity index (χ3v) is 6.78. The van der Waals surface area contributed by atoms with E-state index in [-0.39, 0.29) is 11.9 Å². The Labute approximate surface area is 191 Å². The maximum atomic E-state index is 13.1. The van der Waals surface area contributed by atoms with Crippen molar-refractivity contribution in [3.63, 3.8) is 0 Å². The molecule has 172 valence electrons. The monoisotopic (exact) mass is 437 g/mol. The van der Waals surface area contributed by atoms with Crippen LogP contribution in [0.1, 0.15) is 53.2 Å². The molecule has 0 radical (unpaired) electrons. The number of rotatable bonds is 7. The molecule has 2 aromatic rings. The Balaban J connectivity index is 1.55. The van der Waals surface area contributed by atoms with Gasteiger partial charge in [0, 0.05) is 31.9 Å². The molecule has 0 spiro atoms. The van der Waals surface area contributed by atoms with Gasteiger partial charge in [0.2, 0.25) is 0 Å². The van der Waals surface area contributed by atoms with E-state index >= 15 is 0 Å². The van der Waals surface area contributed by atoms with Crippen LogP contribution in [0.3, 0.4) is 0 Å². The molecule has 0 aliphatic carbocycles. The molecule has 0 unspecified atom stereocenters. The lowest BCUT2D eigenvalue weighted by molar-refractivity contribution is 0.0921. The average Bonchev–Trinajstić information content (AvgIpc) is 2.84. The summed E-state index contributed by atoms with van der Waals surface area (Å²) in [6, 6.07) is 12.3. The molecule has 0 saturated carbocycles. The van der Waals surface area contributed by atoms with Gasteiger partial charge in [-0.3, -0.25) is 9.69 Å². The van der Waals surface area contributed by atoms with Gasteiger partial charge in [0.05, 0.1) is 25.8 Å². The first-order valence-electron chi connectivity index (χ1n) is 11.7. The van der Waals surface area contributed by atoms with Gasteiger partial charge in [0.25, 0.3) is 5.91 Å². The number of ether oxygens (including phenoxy) is 2. The number of piperidine rings is 1. The molecule has 2 aliphatic heterocycles. The Morgan fingerprint density at radius 1 is 1.00 bits per heavy atom. The van der Waals surface area contributed by atoms with Gasteiger partial charge < -0.3 is 19.7 Å². The zero-order valence-corrected chi connectivity index (χ0v) is 19.5. The standard InChI is InChI=1S/C26H35N3O3/c1-28-13-7-8-19-16-20(9-12-23(19)28)24(29-14-5-4-6-15-29)18-27-26(30)22-11-10-21(31-2)17-25(22)32-3/h9-12,16-17,24H,4-8,13-15,18H2,1-3H3,(H,27,30)/t24-/m0/s1. The molecule has 32 heavy (non-hydrogen) atoms. The molecule has 1 N–H and O–H groups in total. The number of anilines is 1. The third-order valence-electron chi connectivity index (χ3n) is 6.78. The van der Waals surface area contributed by atoms with Crippen LogP contribution in [0.2, 0.25) is 0 Å². The second kappa shape index (κ2) is 10.3. The maximum absolute atomic E-state index is 13.1. The number of carbonyl (C=O) groups is 1. The number of nitrogens with zero attached hydrogens (tertiary/aromatic N) is 2. The zero-order valence-electron chi connectivity index (χ0n) is 19.5. The molecule has 1 fully saturated rings. The molecule has 2 aromatic carbocycles. The van der Waals surface area contributed by atoms with Gasteiger partial charge in [0.1, 0.15) is 11.5 Å². The van der Waals surface area contributed by atoms with Crippen molar-refractivity contribution in [1.29, 1.82) is 0 Å². The average molecular weight is 438 g/mol. The smallest absolute Gasteiger partial charge is 0.255 e. The second-order valence-electron chi connectivity index (χ2n) is 8.80. The number of likely N-dealkylation sites (tertiary alicyclic amines) is 1. The molecule has 0 aromatic heterocycles. The van der Waals surface area contributed by atoms with Crippen molar-refractivity contribution in [2.75, 3.05) is 52.3 Å². The van der Waals surface area contributed by atoms with Crippen molar-refractivity contribution in [2.45, 2.75) is 38.1 Å². The first kappa shape index (κ1) is 22.5. The van der Waals surface area contributed by atoms with E-state index in [1.807, 2.05) is 0 Å². The number of hydrogen-bond acceptors (Lipinski definition) is 5. The van der Waals surface area contributed by atoms with E-state index < -0.39 is 0 Å². The molecule has 1 saturated heterocycles. The molecule has 4 rings (SSSR count). The molecule has 1 atom stereocenters. The van der Waals surface area contributed by atoms with Crippen LogP contribution in [0.4, 0.5) is 5.69 Å². The summed E-state index contributed by atoms with van der Waals surface area (Å²) in [4.78, 5) is 17.9. The fourth-order valence-corrected chi connectivity index (χ4v) is 4.97. The molecular weight excluding hydrogens is 402 g/mol. The third kappa shape index (κ3) is 4.85. The van der Waals surface area contributed by atoms with Gasteiger partial charge in [0.15, 0.2) is 0 Å². The predicted molar refractivity (Wildman–Crippen MR) is 128 cm³/mol. The number of amides is 1. The van der Waals surface area contributed by atoms with E-state index in [4.69, 9.17) is 9.47 Å². The minimum absolute atomic E-state index is 0.121. The second-order valence-corrected chi connectivity index (χ2v) is 8.80. The van der Waals surface area contributed by atoms with Gasteiger partial charge in [-0.1, -0.05) is 18.6 Å².